The summed E-state index contributed by atoms with van der Waals surface area (Å²) in [7, 11) is 3.15. The van der Waals surface area contributed by atoms with E-state index in [4.69, 9.17) is 9.47 Å². The Bertz CT molecular complexity index is 562. The van der Waals surface area contributed by atoms with E-state index in [1.807, 2.05) is 0 Å². The minimum atomic E-state index is 0.00790. The van der Waals surface area contributed by atoms with Crippen molar-refractivity contribution in [3.63, 3.8) is 0 Å². The Morgan fingerprint density at radius 1 is 1.09 bits per heavy atom. The van der Waals surface area contributed by atoms with E-state index in [0.717, 1.165) is 25.7 Å². The summed E-state index contributed by atoms with van der Waals surface area (Å²) in [4.78, 5) is 23.6. The van der Waals surface area contributed by atoms with Crippen LogP contribution in [0.3, 0.4) is 0 Å². The molecular weight excluding hydrogens is 294 g/mol. The number of amides is 1. The molecule has 0 saturated heterocycles. The average molecular weight is 319 g/mol. The van der Waals surface area contributed by atoms with Crippen LogP contribution in [0.15, 0.2) is 18.2 Å². The number of hydrogen-bond acceptors (Lipinski definition) is 4. The van der Waals surface area contributed by atoms with Gasteiger partial charge in [-0.3, -0.25) is 9.59 Å². The molecule has 0 atom stereocenters. The van der Waals surface area contributed by atoms with Gasteiger partial charge in [0.15, 0.2) is 17.3 Å². The second-order valence-corrected chi connectivity index (χ2v) is 6.09. The molecule has 5 nitrogen and oxygen atoms in total. The van der Waals surface area contributed by atoms with Gasteiger partial charge in [-0.15, -0.1) is 0 Å². The first kappa shape index (κ1) is 17.3. The summed E-state index contributed by atoms with van der Waals surface area (Å²) < 4.78 is 10.5. The molecule has 0 spiro atoms. The van der Waals surface area contributed by atoms with Crippen molar-refractivity contribution >= 4 is 11.7 Å². The molecule has 0 heterocycles. The molecule has 1 fully saturated rings. The molecule has 23 heavy (non-hydrogen) atoms. The van der Waals surface area contributed by atoms with Crippen LogP contribution in [0.4, 0.5) is 0 Å². The highest BCUT2D eigenvalue weighted by molar-refractivity contribution is 5.98. The molecule has 126 valence electrons. The Kier molecular flexibility index (Phi) is 6.02. The number of methoxy groups -OCH3 is 2. The molecule has 1 aromatic carbocycles. The van der Waals surface area contributed by atoms with Gasteiger partial charge in [0.2, 0.25) is 5.91 Å². The van der Waals surface area contributed by atoms with E-state index in [1.54, 1.807) is 32.4 Å². The number of nitrogens with one attached hydrogen (secondary N) is 1. The van der Waals surface area contributed by atoms with Gasteiger partial charge in [-0.2, -0.15) is 0 Å². The number of benzene rings is 1. The minimum absolute atomic E-state index is 0.00790. The lowest BCUT2D eigenvalue weighted by Gasteiger charge is -2.27. The largest absolute Gasteiger partial charge is 0.493 e. The first-order valence-electron chi connectivity index (χ1n) is 8.05. The molecular formula is C18H25NO4. The Morgan fingerprint density at radius 3 is 2.30 bits per heavy atom. The van der Waals surface area contributed by atoms with Crippen molar-refractivity contribution in [3.8, 4) is 11.5 Å². The number of ketones is 1. The fourth-order valence-corrected chi connectivity index (χ4v) is 3.14. The number of Topliss-reactive ketones (excluding diaryl/α,β-unsaturated/α-hetero) is 1. The van der Waals surface area contributed by atoms with Crippen molar-refractivity contribution in [2.24, 2.45) is 11.8 Å². The van der Waals surface area contributed by atoms with Crippen molar-refractivity contribution in [2.75, 3.05) is 20.8 Å². The Hall–Kier alpha value is -2.04. The van der Waals surface area contributed by atoms with E-state index < -0.39 is 0 Å². The summed E-state index contributed by atoms with van der Waals surface area (Å²) in [6.45, 7) is 2.25. The van der Waals surface area contributed by atoms with Crippen LogP contribution in [0.2, 0.25) is 0 Å². The second kappa shape index (κ2) is 7.99. The molecule has 5 heteroatoms. The number of carbonyl (C=O) groups is 2. The molecule has 1 saturated carbocycles. The van der Waals surface area contributed by atoms with Gasteiger partial charge in [-0.05, 0) is 49.8 Å². The quantitative estimate of drug-likeness (QED) is 0.819. The van der Waals surface area contributed by atoms with Crippen molar-refractivity contribution in [2.45, 2.75) is 32.6 Å². The third-order valence-electron chi connectivity index (χ3n) is 4.53. The van der Waals surface area contributed by atoms with Gasteiger partial charge in [-0.1, -0.05) is 0 Å². The maximum Gasteiger partial charge on any atom is 0.216 e. The maximum absolute atomic E-state index is 12.7. The first-order valence-corrected chi connectivity index (χ1v) is 8.05. The topological polar surface area (TPSA) is 64.6 Å². The maximum atomic E-state index is 12.7. The zero-order valence-electron chi connectivity index (χ0n) is 14.1. The summed E-state index contributed by atoms with van der Waals surface area (Å²) in [6, 6.07) is 5.33. The van der Waals surface area contributed by atoms with Gasteiger partial charge in [-0.25, -0.2) is 0 Å². The highest BCUT2D eigenvalue weighted by Crippen LogP contribution is 2.33. The lowest BCUT2D eigenvalue weighted by molar-refractivity contribution is -0.119. The molecule has 0 aromatic heterocycles. The van der Waals surface area contributed by atoms with Crippen LogP contribution in [0.1, 0.15) is 43.0 Å². The lowest BCUT2D eigenvalue weighted by Crippen LogP contribution is -2.31. The summed E-state index contributed by atoms with van der Waals surface area (Å²) in [5, 5.41) is 2.86. The number of rotatable bonds is 6. The van der Waals surface area contributed by atoms with Crippen LogP contribution in [0, 0.1) is 11.8 Å². The van der Waals surface area contributed by atoms with E-state index >= 15 is 0 Å². The summed E-state index contributed by atoms with van der Waals surface area (Å²) in [5.41, 5.74) is 0.674. The number of ether oxygens (including phenoxy) is 2. The van der Waals surface area contributed by atoms with E-state index in [-0.39, 0.29) is 17.6 Å². The predicted molar refractivity (Wildman–Crippen MR) is 88.0 cm³/mol. The van der Waals surface area contributed by atoms with Crippen LogP contribution in [0.5, 0.6) is 11.5 Å². The van der Waals surface area contributed by atoms with Crippen molar-refractivity contribution < 1.29 is 19.1 Å². The normalized spacial score (nSPS) is 20.7. The highest BCUT2D eigenvalue weighted by atomic mass is 16.5. The molecule has 0 radical (unpaired) electrons. The Labute approximate surface area is 137 Å². The molecule has 2 rings (SSSR count). The molecule has 0 unspecified atom stereocenters. The second-order valence-electron chi connectivity index (χ2n) is 6.09. The smallest absolute Gasteiger partial charge is 0.216 e. The molecule has 1 amide bonds. The van der Waals surface area contributed by atoms with Crippen molar-refractivity contribution in [1.29, 1.82) is 0 Å². The zero-order chi connectivity index (χ0) is 16.8. The Balaban J connectivity index is 1.96. The van der Waals surface area contributed by atoms with Crippen LogP contribution in [-0.2, 0) is 4.79 Å². The molecule has 1 aliphatic rings. The molecule has 0 aliphatic heterocycles. The average Bonchev–Trinajstić information content (AvgIpc) is 2.59. The first-order chi connectivity index (χ1) is 11.0. The number of carbonyl (C=O) groups excluding carboxylic acids is 2. The third kappa shape index (κ3) is 4.47. The van der Waals surface area contributed by atoms with Crippen LogP contribution < -0.4 is 14.8 Å². The summed E-state index contributed by atoms with van der Waals surface area (Å²) in [6.07, 6.45) is 3.70. The molecule has 0 bridgehead atoms. The van der Waals surface area contributed by atoms with Crippen molar-refractivity contribution in [3.05, 3.63) is 23.8 Å². The summed E-state index contributed by atoms with van der Waals surface area (Å²) in [5.74, 6) is 1.92. The predicted octanol–water partition coefficient (Wildman–Crippen LogP) is 2.83. The minimum Gasteiger partial charge on any atom is -0.493 e. The zero-order valence-corrected chi connectivity index (χ0v) is 14.1. The lowest BCUT2D eigenvalue weighted by atomic mass is 9.78. The van der Waals surface area contributed by atoms with Gasteiger partial charge in [0, 0.05) is 24.9 Å². The van der Waals surface area contributed by atoms with Gasteiger partial charge in [0.1, 0.15) is 0 Å². The van der Waals surface area contributed by atoms with E-state index in [1.165, 1.54) is 6.92 Å². The molecule has 1 N–H and O–H groups in total. The third-order valence-corrected chi connectivity index (χ3v) is 4.53. The SMILES string of the molecule is COc1ccc(C(=O)C2CCC(CNC(C)=O)CC2)cc1OC. The van der Waals surface area contributed by atoms with Gasteiger partial charge in [0.25, 0.3) is 0 Å². The van der Waals surface area contributed by atoms with Crippen molar-refractivity contribution in [1.82, 2.24) is 5.32 Å². The van der Waals surface area contributed by atoms with Gasteiger partial charge in [0.05, 0.1) is 14.2 Å². The standard InChI is InChI=1S/C18H25NO4/c1-12(20)19-11-13-4-6-14(7-5-13)18(21)15-8-9-16(22-2)17(10-15)23-3/h8-10,13-14H,4-7,11H2,1-3H3,(H,19,20). The fraction of sp³-hybridized carbons (Fsp3) is 0.556. The summed E-state index contributed by atoms with van der Waals surface area (Å²) >= 11 is 0. The van der Waals surface area contributed by atoms with Crippen LogP contribution in [-0.4, -0.2) is 32.5 Å². The molecule has 1 aliphatic carbocycles. The highest BCUT2D eigenvalue weighted by Gasteiger charge is 2.27. The molecule has 1 aromatic rings. The monoisotopic (exact) mass is 319 g/mol. The van der Waals surface area contributed by atoms with E-state index in [0.29, 0.717) is 29.5 Å². The Morgan fingerprint density at radius 2 is 1.74 bits per heavy atom. The van der Waals surface area contributed by atoms with E-state index in [9.17, 15) is 9.59 Å². The van der Waals surface area contributed by atoms with Crippen LogP contribution in [0.25, 0.3) is 0 Å². The van der Waals surface area contributed by atoms with Gasteiger partial charge < -0.3 is 14.8 Å². The van der Waals surface area contributed by atoms with E-state index in [2.05, 4.69) is 5.32 Å². The fourth-order valence-electron chi connectivity index (χ4n) is 3.14. The van der Waals surface area contributed by atoms with Crippen LogP contribution >= 0.6 is 0 Å². The number of hydrogen-bond donors (Lipinski definition) is 1. The van der Waals surface area contributed by atoms with Gasteiger partial charge >= 0.3 is 0 Å².